The molecule has 8 heteroatoms. The molecule has 3 atom stereocenters. The Morgan fingerprint density at radius 3 is 2.41 bits per heavy atom. The van der Waals surface area contributed by atoms with Crippen molar-refractivity contribution in [2.75, 3.05) is 19.8 Å². The van der Waals surface area contributed by atoms with Gasteiger partial charge in [-0.2, -0.15) is 0 Å². The van der Waals surface area contributed by atoms with Gasteiger partial charge in [-0.15, -0.1) is 0 Å². The number of hydrogen-bond donors (Lipinski definition) is 7. The normalized spacial score (nSPS) is 15.3. The molecule has 0 saturated heterocycles. The van der Waals surface area contributed by atoms with Crippen molar-refractivity contribution < 1.29 is 35.4 Å². The number of aliphatic hydroxyl groups is 4. The van der Waals surface area contributed by atoms with Crippen molar-refractivity contribution in [2.45, 2.75) is 24.7 Å². The number of benzene rings is 1. The highest BCUT2D eigenvalue weighted by molar-refractivity contribution is 5.88. The van der Waals surface area contributed by atoms with Crippen molar-refractivity contribution in [3.05, 3.63) is 23.8 Å². The number of nitrogens with one attached hydrogen (secondary N) is 1. The molecular formula is C14H21NO7. The quantitative estimate of drug-likeness (QED) is 0.255. The number of phenols is 2. The van der Waals surface area contributed by atoms with Crippen molar-refractivity contribution >= 4 is 5.78 Å². The molecule has 0 aromatic heterocycles. The summed E-state index contributed by atoms with van der Waals surface area (Å²) in [5.41, 5.74) is 0.451. The molecule has 0 saturated carbocycles. The van der Waals surface area contributed by atoms with Crippen molar-refractivity contribution in [3.63, 3.8) is 0 Å². The minimum absolute atomic E-state index is 0.0101. The molecule has 0 bridgehead atoms. The highest BCUT2D eigenvalue weighted by Gasteiger charge is 2.29. The second-order valence-electron chi connectivity index (χ2n) is 4.85. The molecule has 0 aliphatic rings. The van der Waals surface area contributed by atoms with Crippen LogP contribution >= 0.6 is 0 Å². The Hall–Kier alpha value is -1.71. The van der Waals surface area contributed by atoms with E-state index < -0.39 is 37.2 Å². The van der Waals surface area contributed by atoms with Gasteiger partial charge in [-0.1, -0.05) is 0 Å². The Kier molecular flexibility index (Phi) is 7.22. The molecule has 1 rings (SSSR count). The maximum Gasteiger partial charge on any atom is 0.183 e. The molecular weight excluding hydrogens is 294 g/mol. The first-order valence-electron chi connectivity index (χ1n) is 6.76. The SMILES string of the molecule is O=C([C@H](CO)NCCc1cc(O)ccc1O)[C@H](O)[C@H](O)CO. The first-order chi connectivity index (χ1) is 10.4. The molecule has 0 heterocycles. The summed E-state index contributed by atoms with van der Waals surface area (Å²) in [6.45, 7) is -1.20. The second kappa shape index (κ2) is 8.66. The summed E-state index contributed by atoms with van der Waals surface area (Å²) in [6.07, 6.45) is -3.15. The standard InChI is InChI=1S/C14H21NO7/c16-6-10(13(21)14(22)12(20)7-17)15-4-3-8-5-9(18)1-2-11(8)19/h1-2,5,10,12,14-20,22H,3-4,6-7H2/t10-,12+,14+/m0/s1. The number of phenolic OH excluding ortho intramolecular Hbond substituents is 2. The average Bonchev–Trinajstić information content (AvgIpc) is 2.52. The number of rotatable bonds is 9. The van der Waals surface area contributed by atoms with Gasteiger partial charge in [-0.25, -0.2) is 0 Å². The summed E-state index contributed by atoms with van der Waals surface area (Å²) in [5, 5.41) is 58.2. The van der Waals surface area contributed by atoms with E-state index in [-0.39, 0.29) is 24.5 Å². The van der Waals surface area contributed by atoms with Crippen LogP contribution in [0.15, 0.2) is 18.2 Å². The number of hydrogen-bond acceptors (Lipinski definition) is 8. The highest BCUT2D eigenvalue weighted by Crippen LogP contribution is 2.22. The van der Waals surface area contributed by atoms with Gasteiger partial charge in [0.25, 0.3) is 0 Å². The van der Waals surface area contributed by atoms with Crippen LogP contribution in [0.5, 0.6) is 11.5 Å². The third kappa shape index (κ3) is 4.93. The van der Waals surface area contributed by atoms with Crippen LogP contribution in [0.1, 0.15) is 5.56 Å². The molecule has 22 heavy (non-hydrogen) atoms. The third-order valence-electron chi connectivity index (χ3n) is 3.22. The Morgan fingerprint density at radius 2 is 1.82 bits per heavy atom. The van der Waals surface area contributed by atoms with E-state index in [0.717, 1.165) is 0 Å². The van der Waals surface area contributed by atoms with Gasteiger partial charge in [0.15, 0.2) is 5.78 Å². The van der Waals surface area contributed by atoms with E-state index in [1.165, 1.54) is 18.2 Å². The minimum atomic E-state index is -1.80. The molecule has 0 unspecified atom stereocenters. The zero-order valence-electron chi connectivity index (χ0n) is 11.9. The summed E-state index contributed by atoms with van der Waals surface area (Å²) < 4.78 is 0. The molecule has 0 amide bonds. The second-order valence-corrected chi connectivity index (χ2v) is 4.85. The molecule has 0 fully saturated rings. The summed E-state index contributed by atoms with van der Waals surface area (Å²) in [5.74, 6) is -0.865. The van der Waals surface area contributed by atoms with E-state index in [9.17, 15) is 25.2 Å². The Labute approximate surface area is 127 Å². The molecule has 124 valence electrons. The third-order valence-corrected chi connectivity index (χ3v) is 3.22. The lowest BCUT2D eigenvalue weighted by atomic mass is 10.0. The van der Waals surface area contributed by atoms with Crippen molar-refractivity contribution in [2.24, 2.45) is 0 Å². The molecule has 1 aromatic rings. The highest BCUT2D eigenvalue weighted by atomic mass is 16.4. The van der Waals surface area contributed by atoms with Crippen LogP contribution in [0.2, 0.25) is 0 Å². The van der Waals surface area contributed by atoms with Crippen molar-refractivity contribution in [1.82, 2.24) is 5.32 Å². The number of Topliss-reactive ketones (excluding diaryl/α,β-unsaturated/α-hetero) is 1. The minimum Gasteiger partial charge on any atom is -0.508 e. The summed E-state index contributed by atoms with van der Waals surface area (Å²) in [7, 11) is 0. The smallest absolute Gasteiger partial charge is 0.183 e. The van der Waals surface area contributed by atoms with Crippen molar-refractivity contribution in [1.29, 1.82) is 0 Å². The van der Waals surface area contributed by atoms with E-state index in [4.69, 9.17) is 10.2 Å². The molecule has 0 aliphatic heterocycles. The largest absolute Gasteiger partial charge is 0.508 e. The molecule has 0 spiro atoms. The first kappa shape index (κ1) is 18.3. The van der Waals surface area contributed by atoms with Crippen LogP contribution in [0.4, 0.5) is 0 Å². The van der Waals surface area contributed by atoms with E-state index in [2.05, 4.69) is 5.32 Å². The lowest BCUT2D eigenvalue weighted by Gasteiger charge is -2.21. The number of ketones is 1. The van der Waals surface area contributed by atoms with Crippen LogP contribution < -0.4 is 5.32 Å². The van der Waals surface area contributed by atoms with Crippen molar-refractivity contribution in [3.8, 4) is 11.5 Å². The van der Waals surface area contributed by atoms with E-state index >= 15 is 0 Å². The molecule has 0 radical (unpaired) electrons. The Bertz CT molecular complexity index is 494. The molecule has 7 N–H and O–H groups in total. The fourth-order valence-corrected chi connectivity index (χ4v) is 1.90. The van der Waals surface area contributed by atoms with E-state index in [1.807, 2.05) is 0 Å². The van der Waals surface area contributed by atoms with E-state index in [0.29, 0.717) is 5.56 Å². The van der Waals surface area contributed by atoms with Gasteiger partial charge in [-0.05, 0) is 30.2 Å². The fourth-order valence-electron chi connectivity index (χ4n) is 1.90. The number of carbonyl (C=O) groups excluding carboxylic acids is 1. The molecule has 8 nitrogen and oxygen atoms in total. The van der Waals surface area contributed by atoms with Gasteiger partial charge in [0.1, 0.15) is 23.7 Å². The Balaban J connectivity index is 2.57. The zero-order chi connectivity index (χ0) is 16.7. The van der Waals surface area contributed by atoms with Crippen LogP contribution in [0.25, 0.3) is 0 Å². The van der Waals surface area contributed by atoms with Gasteiger partial charge in [0.05, 0.1) is 19.3 Å². The van der Waals surface area contributed by atoms with E-state index in [1.54, 1.807) is 0 Å². The zero-order valence-corrected chi connectivity index (χ0v) is 11.9. The average molecular weight is 315 g/mol. The summed E-state index contributed by atoms with van der Waals surface area (Å²) in [6, 6.07) is 2.92. The maximum atomic E-state index is 11.8. The van der Waals surface area contributed by atoms with Gasteiger partial charge in [-0.3, -0.25) is 4.79 Å². The van der Waals surface area contributed by atoms with Crippen LogP contribution in [-0.4, -0.2) is 74.4 Å². The topological polar surface area (TPSA) is 150 Å². The monoisotopic (exact) mass is 315 g/mol. The molecule has 1 aromatic carbocycles. The van der Waals surface area contributed by atoms with Gasteiger partial charge < -0.3 is 36.0 Å². The maximum absolute atomic E-state index is 11.8. The lowest BCUT2D eigenvalue weighted by molar-refractivity contribution is -0.137. The van der Waals surface area contributed by atoms with Crippen LogP contribution in [0, 0.1) is 0 Å². The fraction of sp³-hybridized carbons (Fsp3) is 0.500. The predicted molar refractivity (Wildman–Crippen MR) is 76.5 cm³/mol. The molecule has 0 aliphatic carbocycles. The number of aromatic hydroxyl groups is 2. The number of aliphatic hydroxyl groups excluding tert-OH is 4. The summed E-state index contributed by atoms with van der Waals surface area (Å²) in [4.78, 5) is 11.8. The van der Waals surface area contributed by atoms with Crippen LogP contribution in [0.3, 0.4) is 0 Å². The van der Waals surface area contributed by atoms with Crippen LogP contribution in [-0.2, 0) is 11.2 Å². The van der Waals surface area contributed by atoms with Gasteiger partial charge >= 0.3 is 0 Å². The Morgan fingerprint density at radius 1 is 1.14 bits per heavy atom. The lowest BCUT2D eigenvalue weighted by Crippen LogP contribution is -2.50. The summed E-state index contributed by atoms with van der Waals surface area (Å²) >= 11 is 0. The van der Waals surface area contributed by atoms with Gasteiger partial charge in [0.2, 0.25) is 0 Å². The predicted octanol–water partition coefficient (Wildman–Crippen LogP) is -2.13. The number of carbonyl (C=O) groups is 1. The van der Waals surface area contributed by atoms with Gasteiger partial charge in [0, 0.05) is 6.54 Å². The first-order valence-corrected chi connectivity index (χ1v) is 6.76.